The Morgan fingerprint density at radius 2 is 1.83 bits per heavy atom. The average Bonchev–Trinajstić information content (AvgIpc) is 3.43. The van der Waals surface area contributed by atoms with Crippen LogP contribution in [-0.2, 0) is 6.61 Å². The van der Waals surface area contributed by atoms with Gasteiger partial charge >= 0.3 is 0 Å². The van der Waals surface area contributed by atoms with Crippen molar-refractivity contribution in [1.29, 1.82) is 0 Å². The average molecular weight is 401 g/mol. The highest BCUT2D eigenvalue weighted by Gasteiger charge is 2.25. The first-order valence-electron chi connectivity index (χ1n) is 10.2. The summed E-state index contributed by atoms with van der Waals surface area (Å²) in [6.07, 6.45) is 6.02. The maximum absolute atomic E-state index is 10.1. The van der Waals surface area contributed by atoms with Crippen LogP contribution in [0, 0.1) is 0 Å². The van der Waals surface area contributed by atoms with Crippen LogP contribution in [0.3, 0.4) is 0 Å². The molecule has 152 valence electrons. The number of anilines is 1. The number of aromatic nitrogens is 4. The summed E-state index contributed by atoms with van der Waals surface area (Å²) in [4.78, 5) is 8.67. The molecule has 2 aromatic heterocycles. The molecule has 0 atom stereocenters. The fourth-order valence-corrected chi connectivity index (χ4v) is 4.21. The molecule has 2 heterocycles. The van der Waals surface area contributed by atoms with Crippen LogP contribution in [-0.4, -0.2) is 24.9 Å². The Hall–Kier alpha value is -3.45. The van der Waals surface area contributed by atoms with Crippen molar-refractivity contribution in [2.24, 2.45) is 0 Å². The molecule has 4 aromatic rings. The van der Waals surface area contributed by atoms with Crippen LogP contribution in [0.5, 0.6) is 11.5 Å². The van der Waals surface area contributed by atoms with Gasteiger partial charge in [0.25, 0.3) is 0 Å². The zero-order valence-electron chi connectivity index (χ0n) is 16.5. The van der Waals surface area contributed by atoms with Crippen molar-refractivity contribution in [1.82, 2.24) is 19.7 Å². The van der Waals surface area contributed by atoms with Gasteiger partial charge in [0.15, 0.2) is 5.65 Å². The second-order valence-electron chi connectivity index (χ2n) is 7.58. The predicted octanol–water partition coefficient (Wildman–Crippen LogP) is 4.48. The number of para-hydroxylation sites is 1. The molecule has 0 unspecified atom stereocenters. The lowest BCUT2D eigenvalue weighted by atomic mass is 10.0. The van der Waals surface area contributed by atoms with E-state index in [4.69, 9.17) is 15.6 Å². The topological polar surface area (TPSA) is 99.1 Å². The van der Waals surface area contributed by atoms with Crippen LogP contribution in [0.4, 0.5) is 5.82 Å². The van der Waals surface area contributed by atoms with Crippen LogP contribution in [0.1, 0.15) is 37.3 Å². The van der Waals surface area contributed by atoms with Gasteiger partial charge in [-0.05, 0) is 48.7 Å². The molecule has 1 fully saturated rings. The molecule has 1 aliphatic rings. The maximum atomic E-state index is 10.1. The molecule has 1 saturated carbocycles. The number of hydrogen-bond donors (Lipinski definition) is 2. The van der Waals surface area contributed by atoms with Crippen molar-refractivity contribution in [3.8, 4) is 22.8 Å². The summed E-state index contributed by atoms with van der Waals surface area (Å²) < 4.78 is 7.91. The lowest BCUT2D eigenvalue weighted by Gasteiger charge is -2.11. The number of ether oxygens (including phenoxy) is 1. The molecule has 5 rings (SSSR count). The summed E-state index contributed by atoms with van der Waals surface area (Å²) in [6.45, 7) is -0.146. The van der Waals surface area contributed by atoms with Crippen molar-refractivity contribution in [2.45, 2.75) is 38.3 Å². The van der Waals surface area contributed by atoms with Gasteiger partial charge in [-0.15, -0.1) is 0 Å². The van der Waals surface area contributed by atoms with Crippen LogP contribution in [0.25, 0.3) is 22.3 Å². The standard InChI is InChI=1S/C23H23N5O2/c24-22-20-21(27-28(16-6-4-5-7-16)23(20)26-14-25-22)19-11-10-18(12-15(19)13-29)30-17-8-2-1-3-9-17/h1-3,8-12,14,16,29H,4-7,13H2,(H2,24,25,26). The Kier molecular flexibility index (Phi) is 4.80. The minimum absolute atomic E-state index is 0.146. The number of nitrogens with zero attached hydrogens (tertiary/aromatic N) is 4. The summed E-state index contributed by atoms with van der Waals surface area (Å²) >= 11 is 0. The quantitative estimate of drug-likeness (QED) is 0.512. The van der Waals surface area contributed by atoms with E-state index in [1.807, 2.05) is 53.2 Å². The van der Waals surface area contributed by atoms with E-state index < -0.39 is 0 Å². The van der Waals surface area contributed by atoms with Gasteiger partial charge in [-0.25, -0.2) is 14.6 Å². The molecular weight excluding hydrogens is 378 g/mol. The largest absolute Gasteiger partial charge is 0.457 e. The number of rotatable bonds is 5. The van der Waals surface area contributed by atoms with Gasteiger partial charge in [-0.1, -0.05) is 31.0 Å². The van der Waals surface area contributed by atoms with Crippen molar-refractivity contribution >= 4 is 16.9 Å². The number of aliphatic hydroxyl groups excluding tert-OH is 1. The molecule has 7 nitrogen and oxygen atoms in total. The predicted molar refractivity (Wildman–Crippen MR) is 115 cm³/mol. The van der Waals surface area contributed by atoms with E-state index in [1.54, 1.807) is 0 Å². The van der Waals surface area contributed by atoms with E-state index >= 15 is 0 Å². The third-order valence-corrected chi connectivity index (χ3v) is 5.67. The number of benzene rings is 2. The Morgan fingerprint density at radius 3 is 2.60 bits per heavy atom. The Bertz CT molecular complexity index is 1180. The van der Waals surface area contributed by atoms with Crippen LogP contribution < -0.4 is 10.5 Å². The summed E-state index contributed by atoms with van der Waals surface area (Å²) in [5, 5.41) is 15.7. The Morgan fingerprint density at radius 1 is 1.03 bits per heavy atom. The van der Waals surface area contributed by atoms with E-state index in [-0.39, 0.29) is 6.61 Å². The molecule has 0 spiro atoms. The fraction of sp³-hybridized carbons (Fsp3) is 0.261. The zero-order valence-corrected chi connectivity index (χ0v) is 16.5. The third-order valence-electron chi connectivity index (χ3n) is 5.67. The number of nitrogens with two attached hydrogens (primary N) is 1. The molecule has 7 heteroatoms. The summed E-state index contributed by atoms with van der Waals surface area (Å²) in [7, 11) is 0. The van der Waals surface area contributed by atoms with E-state index in [9.17, 15) is 5.11 Å². The molecule has 30 heavy (non-hydrogen) atoms. The van der Waals surface area contributed by atoms with Crippen molar-refractivity contribution in [3.63, 3.8) is 0 Å². The molecule has 3 N–H and O–H groups in total. The molecule has 0 aliphatic heterocycles. The fourth-order valence-electron chi connectivity index (χ4n) is 4.21. The molecule has 2 aromatic carbocycles. The first kappa shape index (κ1) is 18.6. The number of hydrogen-bond acceptors (Lipinski definition) is 6. The van der Waals surface area contributed by atoms with Crippen LogP contribution in [0.15, 0.2) is 54.9 Å². The summed E-state index contributed by atoms with van der Waals surface area (Å²) in [5.74, 6) is 1.79. The van der Waals surface area contributed by atoms with Gasteiger partial charge in [0, 0.05) is 5.56 Å². The zero-order chi connectivity index (χ0) is 20.5. The smallest absolute Gasteiger partial charge is 0.164 e. The van der Waals surface area contributed by atoms with E-state index in [0.717, 1.165) is 35.2 Å². The number of nitrogen functional groups attached to an aromatic ring is 1. The monoisotopic (exact) mass is 401 g/mol. The normalized spacial score (nSPS) is 14.4. The molecule has 0 bridgehead atoms. The maximum Gasteiger partial charge on any atom is 0.164 e. The van der Waals surface area contributed by atoms with Gasteiger partial charge in [0.05, 0.1) is 18.0 Å². The minimum atomic E-state index is -0.146. The third kappa shape index (κ3) is 3.27. The highest BCUT2D eigenvalue weighted by molar-refractivity contribution is 5.99. The van der Waals surface area contributed by atoms with Crippen molar-refractivity contribution in [2.75, 3.05) is 5.73 Å². The molecule has 0 amide bonds. The van der Waals surface area contributed by atoms with Crippen molar-refractivity contribution < 1.29 is 9.84 Å². The second kappa shape index (κ2) is 7.76. The first-order chi connectivity index (χ1) is 14.7. The molecule has 1 aliphatic carbocycles. The van der Waals surface area contributed by atoms with Crippen LogP contribution >= 0.6 is 0 Å². The van der Waals surface area contributed by atoms with Gasteiger partial charge < -0.3 is 15.6 Å². The van der Waals surface area contributed by atoms with E-state index in [1.165, 1.54) is 19.2 Å². The van der Waals surface area contributed by atoms with Gasteiger partial charge in [-0.2, -0.15) is 5.10 Å². The number of fused-ring (bicyclic) bond motifs is 1. The highest BCUT2D eigenvalue weighted by atomic mass is 16.5. The molecule has 0 radical (unpaired) electrons. The number of aliphatic hydroxyl groups is 1. The summed E-state index contributed by atoms with van der Waals surface area (Å²) in [6, 6.07) is 15.5. The SMILES string of the molecule is Nc1ncnc2c1c(-c1ccc(Oc3ccccc3)cc1CO)nn2C1CCCC1. The molecule has 0 saturated heterocycles. The Labute approximate surface area is 174 Å². The highest BCUT2D eigenvalue weighted by Crippen LogP contribution is 2.38. The van der Waals surface area contributed by atoms with Crippen molar-refractivity contribution in [3.05, 3.63) is 60.4 Å². The van der Waals surface area contributed by atoms with Crippen LogP contribution in [0.2, 0.25) is 0 Å². The summed E-state index contributed by atoms with van der Waals surface area (Å²) in [5.41, 5.74) is 9.21. The first-order valence-corrected chi connectivity index (χ1v) is 10.2. The lowest BCUT2D eigenvalue weighted by molar-refractivity contribution is 0.282. The van der Waals surface area contributed by atoms with Gasteiger partial charge in [-0.3, -0.25) is 0 Å². The minimum Gasteiger partial charge on any atom is -0.457 e. The van der Waals surface area contributed by atoms with Gasteiger partial charge in [0.2, 0.25) is 0 Å². The van der Waals surface area contributed by atoms with E-state index in [2.05, 4.69) is 9.97 Å². The van der Waals surface area contributed by atoms with Gasteiger partial charge in [0.1, 0.15) is 29.3 Å². The van der Waals surface area contributed by atoms with E-state index in [0.29, 0.717) is 28.9 Å². The lowest BCUT2D eigenvalue weighted by Crippen LogP contribution is -2.07. The Balaban J connectivity index is 1.61. The molecular formula is C23H23N5O2. The second-order valence-corrected chi connectivity index (χ2v) is 7.58.